The van der Waals surface area contributed by atoms with Crippen molar-refractivity contribution in [1.82, 2.24) is 4.57 Å². The maximum Gasteiger partial charge on any atom is 0.251 e. The van der Waals surface area contributed by atoms with Gasteiger partial charge in [0.1, 0.15) is 0 Å². The highest BCUT2D eigenvalue weighted by Gasteiger charge is 2.24. The van der Waals surface area contributed by atoms with Gasteiger partial charge in [0.15, 0.2) is 4.80 Å². The van der Waals surface area contributed by atoms with Crippen LogP contribution in [0.25, 0.3) is 0 Å². The number of aryl methyl sites for hydroxylation is 1. The van der Waals surface area contributed by atoms with Gasteiger partial charge in [-0.1, -0.05) is 6.42 Å². The van der Waals surface area contributed by atoms with Crippen LogP contribution in [-0.4, -0.2) is 16.5 Å². The average Bonchev–Trinajstić information content (AvgIpc) is 2.64. The number of rotatable bonds is 1. The largest absolute Gasteiger partial charge is 0.328 e. The number of hydrogen-bond donors (Lipinski definition) is 1. The summed E-state index contributed by atoms with van der Waals surface area (Å²) in [6.07, 6.45) is 5.71. The highest BCUT2D eigenvalue weighted by molar-refractivity contribution is 7.07. The second kappa shape index (κ2) is 4.93. The molecule has 1 fully saturated rings. The summed E-state index contributed by atoms with van der Waals surface area (Å²) in [6.45, 7) is 0. The molecule has 0 spiro atoms. The molecule has 2 unspecified atom stereocenters. The number of thiazole rings is 1. The summed E-state index contributed by atoms with van der Waals surface area (Å²) in [7, 11) is 1.90. The predicted octanol–water partition coefficient (Wildman–Crippen LogP) is 1.03. The number of hydrogen-bond acceptors (Lipinski definition) is 3. The molecule has 1 saturated carbocycles. The second-order valence-corrected chi connectivity index (χ2v) is 5.24. The van der Waals surface area contributed by atoms with Crippen LogP contribution in [0.5, 0.6) is 0 Å². The van der Waals surface area contributed by atoms with Crippen molar-refractivity contribution in [3.63, 3.8) is 0 Å². The van der Waals surface area contributed by atoms with Crippen molar-refractivity contribution in [3.05, 3.63) is 16.4 Å². The summed E-state index contributed by atoms with van der Waals surface area (Å²) in [5.41, 5.74) is 5.87. The Bertz CT molecular complexity index is 434. The maximum absolute atomic E-state index is 11.9. The van der Waals surface area contributed by atoms with Crippen LogP contribution in [0.4, 0.5) is 0 Å². The van der Waals surface area contributed by atoms with Gasteiger partial charge in [-0.15, -0.1) is 11.3 Å². The molecular weight excluding hydrogens is 222 g/mol. The van der Waals surface area contributed by atoms with Crippen molar-refractivity contribution < 1.29 is 4.79 Å². The van der Waals surface area contributed by atoms with E-state index >= 15 is 0 Å². The first-order chi connectivity index (χ1) is 7.66. The number of nitrogens with zero attached hydrogens (tertiary/aromatic N) is 2. The molecule has 5 heteroatoms. The Kier molecular flexibility index (Phi) is 3.56. The first kappa shape index (κ1) is 11.5. The Morgan fingerprint density at radius 3 is 3.06 bits per heavy atom. The van der Waals surface area contributed by atoms with Crippen molar-refractivity contribution >= 4 is 17.2 Å². The summed E-state index contributed by atoms with van der Waals surface area (Å²) in [5, 5.41) is 1.93. The van der Waals surface area contributed by atoms with E-state index in [-0.39, 0.29) is 17.9 Å². The van der Waals surface area contributed by atoms with Crippen molar-refractivity contribution in [1.29, 1.82) is 0 Å². The van der Waals surface area contributed by atoms with Crippen LogP contribution in [0.2, 0.25) is 0 Å². The van der Waals surface area contributed by atoms with Gasteiger partial charge in [0.25, 0.3) is 5.91 Å². The van der Waals surface area contributed by atoms with Crippen molar-refractivity contribution in [2.75, 3.05) is 0 Å². The normalized spacial score (nSPS) is 27.0. The van der Waals surface area contributed by atoms with Gasteiger partial charge in [-0.2, -0.15) is 4.99 Å². The molecule has 1 heterocycles. The topological polar surface area (TPSA) is 60.4 Å². The molecule has 1 aromatic heterocycles. The third-order valence-corrected chi connectivity index (χ3v) is 3.88. The van der Waals surface area contributed by atoms with Gasteiger partial charge in [0.2, 0.25) is 0 Å². The van der Waals surface area contributed by atoms with Crippen LogP contribution in [0.3, 0.4) is 0 Å². The lowest BCUT2D eigenvalue weighted by Gasteiger charge is -2.23. The fourth-order valence-corrected chi connectivity index (χ4v) is 2.81. The van der Waals surface area contributed by atoms with Crippen molar-refractivity contribution in [2.24, 2.45) is 23.7 Å². The van der Waals surface area contributed by atoms with E-state index in [1.54, 1.807) is 0 Å². The quantitative estimate of drug-likeness (QED) is 0.795. The van der Waals surface area contributed by atoms with Crippen LogP contribution in [-0.2, 0) is 11.8 Å². The van der Waals surface area contributed by atoms with Crippen LogP contribution >= 0.6 is 11.3 Å². The van der Waals surface area contributed by atoms with Gasteiger partial charge in [0.05, 0.1) is 0 Å². The molecule has 0 aromatic carbocycles. The molecule has 1 aliphatic rings. The molecule has 0 radical (unpaired) electrons. The van der Waals surface area contributed by atoms with Gasteiger partial charge in [-0.25, -0.2) is 0 Å². The molecule has 2 atom stereocenters. The van der Waals surface area contributed by atoms with Gasteiger partial charge < -0.3 is 10.3 Å². The minimum atomic E-state index is -0.00630. The van der Waals surface area contributed by atoms with E-state index < -0.39 is 0 Å². The minimum absolute atomic E-state index is 0.00630. The smallest absolute Gasteiger partial charge is 0.251 e. The summed E-state index contributed by atoms with van der Waals surface area (Å²) >= 11 is 1.49. The molecule has 0 saturated heterocycles. The number of aromatic nitrogens is 1. The molecule has 1 amide bonds. The lowest BCUT2D eigenvalue weighted by atomic mass is 9.86. The van der Waals surface area contributed by atoms with Crippen LogP contribution in [0.1, 0.15) is 25.7 Å². The van der Waals surface area contributed by atoms with Gasteiger partial charge >= 0.3 is 0 Å². The molecule has 0 bridgehead atoms. The van der Waals surface area contributed by atoms with E-state index in [4.69, 9.17) is 5.73 Å². The molecule has 16 heavy (non-hydrogen) atoms. The standard InChI is InChI=1S/C11H17N3OS/c1-14-5-6-16-11(14)13-10(15)8-3-2-4-9(12)7-8/h5-6,8-9H,2-4,7,12H2,1H3. The van der Waals surface area contributed by atoms with E-state index in [0.717, 1.165) is 30.5 Å². The summed E-state index contributed by atoms with van der Waals surface area (Å²) in [6, 6.07) is 0.176. The van der Waals surface area contributed by atoms with Crippen LogP contribution in [0.15, 0.2) is 16.6 Å². The SMILES string of the molecule is Cn1ccsc1=NC(=O)C1CCCC(N)C1. The van der Waals surface area contributed by atoms with E-state index in [0.29, 0.717) is 0 Å². The maximum atomic E-state index is 11.9. The Hall–Kier alpha value is -0.940. The number of amides is 1. The van der Waals surface area contributed by atoms with E-state index in [1.807, 2.05) is 23.2 Å². The molecular formula is C11H17N3OS. The Balaban J connectivity index is 2.11. The first-order valence-corrected chi connectivity index (χ1v) is 6.49. The zero-order valence-electron chi connectivity index (χ0n) is 9.43. The van der Waals surface area contributed by atoms with Crippen LogP contribution in [0, 0.1) is 5.92 Å². The summed E-state index contributed by atoms with van der Waals surface area (Å²) < 4.78 is 1.87. The predicted molar refractivity (Wildman–Crippen MR) is 63.8 cm³/mol. The summed E-state index contributed by atoms with van der Waals surface area (Å²) in [4.78, 5) is 16.9. The molecule has 88 valence electrons. The molecule has 1 aromatic rings. The fraction of sp³-hybridized carbons (Fsp3) is 0.636. The lowest BCUT2D eigenvalue weighted by Crippen LogP contribution is -2.31. The Morgan fingerprint density at radius 1 is 1.62 bits per heavy atom. The molecule has 2 rings (SSSR count). The number of carbonyl (C=O) groups is 1. The average molecular weight is 239 g/mol. The van der Waals surface area contributed by atoms with Crippen molar-refractivity contribution in [3.8, 4) is 0 Å². The Morgan fingerprint density at radius 2 is 2.44 bits per heavy atom. The molecule has 2 N–H and O–H groups in total. The highest BCUT2D eigenvalue weighted by Crippen LogP contribution is 2.23. The molecule has 1 aliphatic carbocycles. The van der Waals surface area contributed by atoms with E-state index in [1.165, 1.54) is 11.3 Å². The second-order valence-electron chi connectivity index (χ2n) is 4.37. The van der Waals surface area contributed by atoms with E-state index in [2.05, 4.69) is 4.99 Å². The third-order valence-electron chi connectivity index (χ3n) is 3.03. The molecule has 4 nitrogen and oxygen atoms in total. The van der Waals surface area contributed by atoms with Gasteiger partial charge in [0, 0.05) is 30.6 Å². The Labute approximate surface area is 98.8 Å². The lowest BCUT2D eigenvalue weighted by molar-refractivity contribution is -0.122. The van der Waals surface area contributed by atoms with Gasteiger partial charge in [-0.05, 0) is 19.3 Å². The minimum Gasteiger partial charge on any atom is -0.328 e. The first-order valence-electron chi connectivity index (χ1n) is 5.61. The van der Waals surface area contributed by atoms with Gasteiger partial charge in [-0.3, -0.25) is 4.79 Å². The number of nitrogens with two attached hydrogens (primary N) is 1. The van der Waals surface area contributed by atoms with Crippen LogP contribution < -0.4 is 10.5 Å². The monoisotopic (exact) mass is 239 g/mol. The highest BCUT2D eigenvalue weighted by atomic mass is 32.1. The van der Waals surface area contributed by atoms with E-state index in [9.17, 15) is 4.79 Å². The molecule has 0 aliphatic heterocycles. The third kappa shape index (κ3) is 2.59. The zero-order chi connectivity index (χ0) is 11.5. The fourth-order valence-electron chi connectivity index (χ4n) is 2.07. The number of carbonyl (C=O) groups excluding carboxylic acids is 1. The zero-order valence-corrected chi connectivity index (χ0v) is 10.2. The van der Waals surface area contributed by atoms with Crippen molar-refractivity contribution in [2.45, 2.75) is 31.7 Å². The summed E-state index contributed by atoms with van der Waals surface area (Å²) in [5.74, 6) is 0.0269.